The summed E-state index contributed by atoms with van der Waals surface area (Å²) in [6.07, 6.45) is -3.04. The molecule has 18 heavy (non-hydrogen) atoms. The summed E-state index contributed by atoms with van der Waals surface area (Å²) < 4.78 is 10.9. The third kappa shape index (κ3) is 3.63. The fourth-order valence-corrected chi connectivity index (χ4v) is 1.89. The van der Waals surface area contributed by atoms with Gasteiger partial charge in [0.25, 0.3) is 0 Å². The first-order valence-corrected chi connectivity index (χ1v) is 6.11. The number of hydrogen-bond acceptors (Lipinski definition) is 6. The van der Waals surface area contributed by atoms with Gasteiger partial charge in [0.15, 0.2) is 6.29 Å². The highest BCUT2D eigenvalue weighted by Crippen LogP contribution is 2.21. The maximum absolute atomic E-state index is 11.1. The van der Waals surface area contributed by atoms with Crippen molar-refractivity contribution in [1.29, 1.82) is 0 Å². The van der Waals surface area contributed by atoms with Crippen LogP contribution in [0.5, 0.6) is 0 Å². The van der Waals surface area contributed by atoms with Crippen LogP contribution in [0.2, 0.25) is 0 Å². The molecule has 0 unspecified atom stereocenters. The number of aliphatic hydroxyl groups is 2. The molecule has 0 aromatic rings. The van der Waals surface area contributed by atoms with Crippen LogP contribution in [0.3, 0.4) is 0 Å². The summed E-state index contributed by atoms with van der Waals surface area (Å²) in [6, 6.07) is -0.799. The molecule has 7 heteroatoms. The molecule has 0 spiro atoms. The van der Waals surface area contributed by atoms with Crippen molar-refractivity contribution < 1.29 is 24.5 Å². The molecule has 0 aromatic carbocycles. The Bertz CT molecular complexity index is 276. The first-order chi connectivity index (χ1) is 8.51. The minimum Gasteiger partial charge on any atom is -0.388 e. The summed E-state index contributed by atoms with van der Waals surface area (Å²) in [5.41, 5.74) is 5.45. The van der Waals surface area contributed by atoms with Crippen LogP contribution in [-0.2, 0) is 14.3 Å². The summed E-state index contributed by atoms with van der Waals surface area (Å²) in [5.74, 6) is -0.328. The van der Waals surface area contributed by atoms with Gasteiger partial charge in [0.2, 0.25) is 5.91 Å². The lowest BCUT2D eigenvalue weighted by Crippen LogP contribution is -2.65. The normalized spacial score (nSPS) is 36.4. The van der Waals surface area contributed by atoms with Crippen molar-refractivity contribution in [2.24, 2.45) is 5.73 Å². The lowest BCUT2D eigenvalue weighted by molar-refractivity contribution is -0.261. The zero-order valence-corrected chi connectivity index (χ0v) is 10.7. The molecule has 5 N–H and O–H groups in total. The van der Waals surface area contributed by atoms with Crippen LogP contribution >= 0.6 is 0 Å². The van der Waals surface area contributed by atoms with Crippen LogP contribution in [0.25, 0.3) is 0 Å². The summed E-state index contributed by atoms with van der Waals surface area (Å²) in [7, 11) is 0. The molecule has 1 aliphatic rings. The number of nitrogens with one attached hydrogen (secondary N) is 1. The van der Waals surface area contributed by atoms with E-state index in [1.807, 2.05) is 6.92 Å². The molecule has 7 nitrogen and oxygen atoms in total. The second kappa shape index (κ2) is 7.01. The fraction of sp³-hybridized carbons (Fsp3) is 0.909. The van der Waals surface area contributed by atoms with Crippen molar-refractivity contribution >= 4 is 5.91 Å². The Morgan fingerprint density at radius 2 is 2.11 bits per heavy atom. The van der Waals surface area contributed by atoms with Crippen molar-refractivity contribution in [2.45, 2.75) is 50.9 Å². The van der Waals surface area contributed by atoms with Crippen molar-refractivity contribution in [3.63, 3.8) is 0 Å². The van der Waals surface area contributed by atoms with E-state index in [4.69, 9.17) is 15.2 Å². The van der Waals surface area contributed by atoms with Crippen LogP contribution in [-0.4, -0.2) is 59.9 Å². The Morgan fingerprint density at radius 3 is 2.61 bits per heavy atom. The van der Waals surface area contributed by atoms with Gasteiger partial charge in [-0.05, 0) is 6.42 Å². The van der Waals surface area contributed by atoms with Gasteiger partial charge >= 0.3 is 0 Å². The molecule has 5 atom stereocenters. The number of hydrogen-bond donors (Lipinski definition) is 4. The third-order valence-electron chi connectivity index (χ3n) is 2.79. The molecular weight excluding hydrogens is 240 g/mol. The van der Waals surface area contributed by atoms with Gasteiger partial charge in [0.05, 0.1) is 0 Å². The van der Waals surface area contributed by atoms with Gasteiger partial charge in [0.1, 0.15) is 24.4 Å². The van der Waals surface area contributed by atoms with Crippen molar-refractivity contribution in [3.8, 4) is 0 Å². The van der Waals surface area contributed by atoms with E-state index in [1.165, 1.54) is 6.92 Å². The lowest BCUT2D eigenvalue weighted by Gasteiger charge is -2.42. The van der Waals surface area contributed by atoms with Crippen LogP contribution in [0.1, 0.15) is 20.3 Å². The minimum absolute atomic E-state index is 0.0665. The SMILES string of the molecule is CCCO[C@H]1O[C@H](CN)[C@@H](O)[C@H](O)[C@H]1NC(C)=O. The molecule has 1 aliphatic heterocycles. The predicted octanol–water partition coefficient (Wildman–Crippen LogP) is -1.68. The molecule has 1 saturated heterocycles. The number of amides is 1. The monoisotopic (exact) mass is 262 g/mol. The highest BCUT2D eigenvalue weighted by Gasteiger charge is 2.44. The summed E-state index contributed by atoms with van der Waals surface area (Å²) in [5, 5.41) is 22.3. The van der Waals surface area contributed by atoms with Gasteiger partial charge in [-0.3, -0.25) is 4.79 Å². The van der Waals surface area contributed by atoms with E-state index in [1.54, 1.807) is 0 Å². The number of carbonyl (C=O) groups is 1. The highest BCUT2D eigenvalue weighted by atomic mass is 16.7. The van der Waals surface area contributed by atoms with E-state index >= 15 is 0 Å². The average molecular weight is 262 g/mol. The fourth-order valence-electron chi connectivity index (χ4n) is 1.89. The molecule has 1 heterocycles. The van der Waals surface area contributed by atoms with Crippen molar-refractivity contribution in [1.82, 2.24) is 5.32 Å². The number of aliphatic hydroxyl groups excluding tert-OH is 2. The quantitative estimate of drug-likeness (QED) is 0.471. The smallest absolute Gasteiger partial charge is 0.217 e. The zero-order chi connectivity index (χ0) is 13.7. The molecule has 0 bridgehead atoms. The van der Waals surface area contributed by atoms with E-state index in [0.717, 1.165) is 6.42 Å². The van der Waals surface area contributed by atoms with E-state index in [0.29, 0.717) is 6.61 Å². The minimum atomic E-state index is -1.17. The molecule has 0 radical (unpaired) electrons. The Kier molecular flexibility index (Phi) is 5.97. The van der Waals surface area contributed by atoms with Gasteiger partial charge in [-0.2, -0.15) is 0 Å². The first-order valence-electron chi connectivity index (χ1n) is 6.11. The summed E-state index contributed by atoms with van der Waals surface area (Å²) in [4.78, 5) is 11.1. The Labute approximate surface area is 106 Å². The van der Waals surface area contributed by atoms with Gasteiger partial charge in [-0.25, -0.2) is 0 Å². The van der Waals surface area contributed by atoms with Gasteiger partial charge in [-0.15, -0.1) is 0 Å². The Morgan fingerprint density at radius 1 is 1.44 bits per heavy atom. The average Bonchev–Trinajstić information content (AvgIpc) is 2.33. The lowest BCUT2D eigenvalue weighted by atomic mass is 9.96. The highest BCUT2D eigenvalue weighted by molar-refractivity contribution is 5.73. The summed E-state index contributed by atoms with van der Waals surface area (Å²) >= 11 is 0. The van der Waals surface area contributed by atoms with Crippen LogP contribution < -0.4 is 11.1 Å². The van der Waals surface area contributed by atoms with Crippen LogP contribution in [0, 0.1) is 0 Å². The predicted molar refractivity (Wildman–Crippen MR) is 63.6 cm³/mol. The number of nitrogens with two attached hydrogens (primary N) is 1. The number of carbonyl (C=O) groups excluding carboxylic acids is 1. The van der Waals surface area contributed by atoms with E-state index in [2.05, 4.69) is 5.32 Å². The number of rotatable bonds is 5. The Balaban J connectivity index is 2.76. The van der Waals surface area contributed by atoms with Crippen molar-refractivity contribution in [2.75, 3.05) is 13.2 Å². The van der Waals surface area contributed by atoms with Gasteiger partial charge in [-0.1, -0.05) is 6.92 Å². The molecule has 1 fully saturated rings. The van der Waals surface area contributed by atoms with E-state index < -0.39 is 30.6 Å². The molecule has 1 rings (SSSR count). The van der Waals surface area contributed by atoms with Gasteiger partial charge in [0, 0.05) is 20.1 Å². The van der Waals surface area contributed by atoms with Crippen LogP contribution in [0.4, 0.5) is 0 Å². The van der Waals surface area contributed by atoms with E-state index in [-0.39, 0.29) is 12.5 Å². The molecule has 0 saturated carbocycles. The first kappa shape index (κ1) is 15.3. The van der Waals surface area contributed by atoms with Gasteiger partial charge < -0.3 is 30.7 Å². The third-order valence-corrected chi connectivity index (χ3v) is 2.79. The van der Waals surface area contributed by atoms with Crippen molar-refractivity contribution in [3.05, 3.63) is 0 Å². The maximum Gasteiger partial charge on any atom is 0.217 e. The largest absolute Gasteiger partial charge is 0.388 e. The standard InChI is InChI=1S/C11H22N2O5/c1-3-4-17-11-8(13-6(2)14)10(16)9(15)7(5-12)18-11/h7-11,15-16H,3-5,12H2,1-2H3,(H,13,14)/t7-,8-,9-,10-,11+/m1/s1. The maximum atomic E-state index is 11.1. The van der Waals surface area contributed by atoms with Crippen LogP contribution in [0.15, 0.2) is 0 Å². The topological polar surface area (TPSA) is 114 Å². The molecule has 0 aromatic heterocycles. The zero-order valence-electron chi connectivity index (χ0n) is 10.7. The molecular formula is C11H22N2O5. The molecule has 0 aliphatic carbocycles. The second-order valence-corrected chi connectivity index (χ2v) is 4.36. The number of ether oxygens (including phenoxy) is 2. The molecule has 1 amide bonds. The van der Waals surface area contributed by atoms with E-state index in [9.17, 15) is 15.0 Å². The Hall–Kier alpha value is -0.730. The summed E-state index contributed by atoms with van der Waals surface area (Å²) in [6.45, 7) is 3.75. The second-order valence-electron chi connectivity index (χ2n) is 4.36. The molecule has 106 valence electrons.